The fraction of sp³-hybridized carbons (Fsp3) is 0.429. The van der Waals surface area contributed by atoms with Gasteiger partial charge >= 0.3 is 0 Å². The Morgan fingerprint density at radius 2 is 1.69 bits per heavy atom. The summed E-state index contributed by atoms with van der Waals surface area (Å²) in [5.74, 6) is -0.377. The van der Waals surface area contributed by atoms with Crippen LogP contribution in [0.4, 0.5) is 0 Å². The van der Waals surface area contributed by atoms with E-state index >= 15 is 0 Å². The molecule has 2 aromatic carbocycles. The number of benzene rings is 2. The molecule has 1 unspecified atom stereocenters. The molecule has 3 aliphatic rings. The van der Waals surface area contributed by atoms with Gasteiger partial charge in [-0.3, -0.25) is 4.21 Å². The van der Waals surface area contributed by atoms with Crippen LogP contribution in [0.5, 0.6) is 0 Å². The van der Waals surface area contributed by atoms with Crippen molar-refractivity contribution in [2.45, 2.75) is 42.7 Å². The van der Waals surface area contributed by atoms with E-state index in [4.69, 9.17) is 14.2 Å². The molecule has 2 aromatic rings. The SMILES string of the molecule is Cc1ccc(S(=O)CC23CCC(OCc4ccccc4)(CO2)CO3)cc1. The molecule has 0 spiro atoms. The van der Waals surface area contributed by atoms with Crippen LogP contribution in [-0.2, 0) is 31.6 Å². The fourth-order valence-electron chi connectivity index (χ4n) is 3.41. The summed E-state index contributed by atoms with van der Waals surface area (Å²) >= 11 is 0. The minimum Gasteiger partial charge on any atom is -0.365 e. The van der Waals surface area contributed by atoms with Crippen molar-refractivity contribution in [2.75, 3.05) is 19.0 Å². The van der Waals surface area contributed by atoms with Crippen LogP contribution in [0, 0.1) is 6.92 Å². The van der Waals surface area contributed by atoms with E-state index in [2.05, 4.69) is 12.1 Å². The lowest BCUT2D eigenvalue weighted by Gasteiger charge is -2.52. The minimum atomic E-state index is -1.14. The molecule has 5 heteroatoms. The highest BCUT2D eigenvalue weighted by Crippen LogP contribution is 2.41. The quantitative estimate of drug-likeness (QED) is 0.777. The molecule has 3 aliphatic heterocycles. The van der Waals surface area contributed by atoms with E-state index in [9.17, 15) is 4.21 Å². The lowest BCUT2D eigenvalue weighted by Crippen LogP contribution is -2.62. The number of fused-ring (bicyclic) bond motifs is 3. The van der Waals surface area contributed by atoms with Gasteiger partial charge in [-0.2, -0.15) is 0 Å². The molecular formula is C21H24O4S. The Kier molecular flexibility index (Phi) is 4.97. The molecule has 0 amide bonds. The molecule has 1 atom stereocenters. The van der Waals surface area contributed by atoms with Gasteiger partial charge in [0.15, 0.2) is 5.79 Å². The third kappa shape index (κ3) is 3.76. The summed E-state index contributed by atoms with van der Waals surface area (Å²) in [5.41, 5.74) is 1.92. The highest BCUT2D eigenvalue weighted by molar-refractivity contribution is 7.85. The van der Waals surface area contributed by atoms with Crippen molar-refractivity contribution >= 4 is 10.8 Å². The van der Waals surface area contributed by atoms with Gasteiger partial charge in [-0.05, 0) is 31.0 Å². The average Bonchev–Trinajstić information content (AvgIpc) is 2.69. The van der Waals surface area contributed by atoms with Gasteiger partial charge in [-0.1, -0.05) is 48.0 Å². The van der Waals surface area contributed by atoms with Crippen molar-refractivity contribution in [1.29, 1.82) is 0 Å². The van der Waals surface area contributed by atoms with E-state index in [1.54, 1.807) is 0 Å². The van der Waals surface area contributed by atoms with E-state index in [0.29, 0.717) is 32.0 Å². The number of hydrogen-bond donors (Lipinski definition) is 0. The van der Waals surface area contributed by atoms with E-state index in [-0.39, 0.29) is 5.60 Å². The zero-order valence-corrected chi connectivity index (χ0v) is 15.8. The smallest absolute Gasteiger partial charge is 0.180 e. The summed E-state index contributed by atoms with van der Waals surface area (Å²) in [6.07, 6.45) is 1.57. The Hall–Kier alpha value is -1.53. The van der Waals surface area contributed by atoms with Crippen LogP contribution in [0.1, 0.15) is 24.0 Å². The topological polar surface area (TPSA) is 44.8 Å². The summed E-state index contributed by atoms with van der Waals surface area (Å²) in [5, 5.41) is 0. The molecule has 3 fully saturated rings. The normalized spacial score (nSPS) is 28.8. The van der Waals surface area contributed by atoms with Gasteiger partial charge < -0.3 is 14.2 Å². The van der Waals surface area contributed by atoms with Crippen LogP contribution >= 0.6 is 0 Å². The van der Waals surface area contributed by atoms with Crippen molar-refractivity contribution < 1.29 is 18.4 Å². The monoisotopic (exact) mass is 372 g/mol. The molecular weight excluding hydrogens is 348 g/mol. The second kappa shape index (κ2) is 7.24. The summed E-state index contributed by atoms with van der Waals surface area (Å²) < 4.78 is 30.9. The van der Waals surface area contributed by atoms with Crippen molar-refractivity contribution in [3.63, 3.8) is 0 Å². The molecule has 3 saturated heterocycles. The predicted octanol–water partition coefficient (Wildman–Crippen LogP) is 3.60. The molecule has 138 valence electrons. The molecule has 3 heterocycles. The maximum absolute atomic E-state index is 12.7. The van der Waals surface area contributed by atoms with Gasteiger partial charge in [-0.15, -0.1) is 0 Å². The van der Waals surface area contributed by atoms with Gasteiger partial charge in [0, 0.05) is 11.3 Å². The van der Waals surface area contributed by atoms with E-state index in [0.717, 1.165) is 22.4 Å². The molecule has 5 rings (SSSR count). The van der Waals surface area contributed by atoms with Crippen molar-refractivity contribution in [3.8, 4) is 0 Å². The Bertz CT molecular complexity index is 748. The first kappa shape index (κ1) is 17.9. The maximum atomic E-state index is 12.7. The van der Waals surface area contributed by atoms with Gasteiger partial charge in [0.2, 0.25) is 0 Å². The molecule has 0 N–H and O–H groups in total. The van der Waals surface area contributed by atoms with Gasteiger partial charge in [-0.25, -0.2) is 0 Å². The van der Waals surface area contributed by atoms with Crippen LogP contribution in [0.25, 0.3) is 0 Å². The summed E-state index contributed by atoms with van der Waals surface area (Å²) in [4.78, 5) is 0.819. The fourth-order valence-corrected chi connectivity index (χ4v) is 4.73. The third-order valence-corrected chi connectivity index (χ3v) is 6.68. The molecule has 2 bridgehead atoms. The highest BCUT2D eigenvalue weighted by Gasteiger charge is 2.52. The first-order chi connectivity index (χ1) is 12.6. The van der Waals surface area contributed by atoms with Crippen LogP contribution in [-0.4, -0.2) is 34.6 Å². The van der Waals surface area contributed by atoms with Crippen molar-refractivity contribution in [3.05, 3.63) is 65.7 Å². The second-order valence-corrected chi connectivity index (χ2v) is 8.70. The van der Waals surface area contributed by atoms with Gasteiger partial charge in [0.05, 0.1) is 36.4 Å². The number of ether oxygens (including phenoxy) is 3. The lowest BCUT2D eigenvalue weighted by molar-refractivity contribution is -0.354. The predicted molar refractivity (Wildman–Crippen MR) is 100 cm³/mol. The first-order valence-electron chi connectivity index (χ1n) is 8.99. The van der Waals surface area contributed by atoms with E-state index in [1.165, 1.54) is 0 Å². The molecule has 0 aromatic heterocycles. The van der Waals surface area contributed by atoms with Crippen LogP contribution in [0.2, 0.25) is 0 Å². The Morgan fingerprint density at radius 1 is 1.00 bits per heavy atom. The van der Waals surface area contributed by atoms with Crippen LogP contribution < -0.4 is 0 Å². The van der Waals surface area contributed by atoms with E-state index < -0.39 is 16.6 Å². The van der Waals surface area contributed by atoms with E-state index in [1.807, 2.05) is 49.4 Å². The van der Waals surface area contributed by atoms with Gasteiger partial charge in [0.25, 0.3) is 0 Å². The molecule has 0 aliphatic carbocycles. The van der Waals surface area contributed by atoms with Crippen molar-refractivity contribution in [2.24, 2.45) is 0 Å². The maximum Gasteiger partial charge on any atom is 0.180 e. The largest absolute Gasteiger partial charge is 0.365 e. The summed E-state index contributed by atoms with van der Waals surface area (Å²) in [7, 11) is -1.14. The summed E-state index contributed by atoms with van der Waals surface area (Å²) in [6, 6.07) is 17.9. The zero-order valence-electron chi connectivity index (χ0n) is 15.0. The summed E-state index contributed by atoms with van der Waals surface area (Å²) in [6.45, 7) is 3.56. The number of hydrogen-bond acceptors (Lipinski definition) is 4. The first-order valence-corrected chi connectivity index (χ1v) is 10.3. The third-order valence-electron chi connectivity index (χ3n) is 5.18. The lowest BCUT2D eigenvalue weighted by atomic mass is 9.89. The van der Waals surface area contributed by atoms with Crippen LogP contribution in [0.3, 0.4) is 0 Å². The second-order valence-electron chi connectivity index (χ2n) is 7.25. The minimum absolute atomic E-state index is 0.366. The Balaban J connectivity index is 1.36. The molecule has 4 nitrogen and oxygen atoms in total. The Labute approximate surface area is 156 Å². The highest BCUT2D eigenvalue weighted by atomic mass is 32.2. The van der Waals surface area contributed by atoms with Gasteiger partial charge in [0.1, 0.15) is 5.60 Å². The van der Waals surface area contributed by atoms with Crippen molar-refractivity contribution in [1.82, 2.24) is 0 Å². The zero-order chi connectivity index (χ0) is 18.0. The Morgan fingerprint density at radius 3 is 2.31 bits per heavy atom. The molecule has 26 heavy (non-hydrogen) atoms. The van der Waals surface area contributed by atoms with Crippen LogP contribution in [0.15, 0.2) is 59.5 Å². The number of aryl methyl sites for hydroxylation is 1. The average molecular weight is 372 g/mol. The molecule has 0 radical (unpaired) electrons. The molecule has 0 saturated carbocycles. The number of rotatable bonds is 6. The standard InChI is InChI=1S/C21H24O4S/c1-17-7-9-19(10-8-17)26(22)16-21-12-11-20(14-24-21,15-25-21)23-13-18-5-3-2-4-6-18/h2-10H,11-16H2,1H3.